The number of fused-ring (bicyclic) bond motifs is 6. The van der Waals surface area contributed by atoms with E-state index < -0.39 is 17.6 Å². The molecule has 1 aromatic carbocycles. The van der Waals surface area contributed by atoms with Crippen LogP contribution in [0.1, 0.15) is 18.4 Å². The number of thioether (sulfide) groups is 1. The van der Waals surface area contributed by atoms with Crippen molar-refractivity contribution >= 4 is 29.4 Å². The summed E-state index contributed by atoms with van der Waals surface area (Å²) in [5, 5.41) is 11.9. The van der Waals surface area contributed by atoms with Crippen molar-refractivity contribution in [3.8, 4) is 22.8 Å². The van der Waals surface area contributed by atoms with Gasteiger partial charge in [0.05, 0.1) is 25.8 Å². The molecule has 0 aliphatic carbocycles. The standard InChI is InChI=1S/C23H21F2N3O4S/c24-15-2-3-16-17-11-20(26-12-18(17)25)27-21-8-14(13-33-7-4-23(29)30)9-22(28-21)32-6-1-5-31-19(16)10-15/h2-3,8-12H,1,4-7,13H2,(H,29,30)(H,26,27,28). The summed E-state index contributed by atoms with van der Waals surface area (Å²) < 4.78 is 40.0. The van der Waals surface area contributed by atoms with Crippen molar-refractivity contribution in [1.29, 1.82) is 0 Å². The number of carbonyl (C=O) groups is 1. The second-order valence-corrected chi connectivity index (χ2v) is 8.37. The predicted molar refractivity (Wildman–Crippen MR) is 121 cm³/mol. The number of aromatic nitrogens is 2. The number of nitrogens with one attached hydrogen (secondary N) is 1. The van der Waals surface area contributed by atoms with E-state index in [0.29, 0.717) is 47.6 Å². The van der Waals surface area contributed by atoms with Gasteiger partial charge in [0, 0.05) is 41.2 Å². The summed E-state index contributed by atoms with van der Waals surface area (Å²) in [5.41, 5.74) is 1.52. The first-order valence-corrected chi connectivity index (χ1v) is 11.4. The van der Waals surface area contributed by atoms with Gasteiger partial charge >= 0.3 is 5.97 Å². The average molecular weight is 474 g/mol. The molecule has 3 aromatic rings. The summed E-state index contributed by atoms with van der Waals surface area (Å²) in [6.45, 7) is 0.552. The molecule has 2 N–H and O–H groups in total. The Balaban J connectivity index is 1.66. The number of hydrogen-bond acceptors (Lipinski definition) is 7. The third-order valence-electron chi connectivity index (χ3n) is 4.73. The number of carboxylic acid groups (broad SMARTS) is 1. The van der Waals surface area contributed by atoms with E-state index >= 15 is 0 Å². The monoisotopic (exact) mass is 473 g/mol. The Kier molecular flexibility index (Phi) is 7.23. The molecule has 0 spiro atoms. The lowest BCUT2D eigenvalue weighted by Gasteiger charge is -2.16. The number of aliphatic carboxylic acids is 1. The Hall–Kier alpha value is -3.40. The quantitative estimate of drug-likeness (QED) is 0.498. The van der Waals surface area contributed by atoms with Gasteiger partial charge in [-0.05, 0) is 29.8 Å². The SMILES string of the molecule is O=C(O)CCSCc1cc2nc(c1)OCCCOc1cc(F)ccc1-c1cc(ncc1F)N2. The van der Waals surface area contributed by atoms with Gasteiger partial charge in [-0.2, -0.15) is 16.7 Å². The van der Waals surface area contributed by atoms with Gasteiger partial charge in [-0.15, -0.1) is 0 Å². The topological polar surface area (TPSA) is 93.6 Å². The molecule has 3 heterocycles. The Morgan fingerprint density at radius 1 is 1.09 bits per heavy atom. The minimum Gasteiger partial charge on any atom is -0.493 e. The summed E-state index contributed by atoms with van der Waals surface area (Å²) in [4.78, 5) is 19.3. The van der Waals surface area contributed by atoms with Gasteiger partial charge in [-0.3, -0.25) is 4.79 Å². The highest BCUT2D eigenvalue weighted by Gasteiger charge is 2.15. The molecule has 2 aromatic heterocycles. The molecule has 1 aliphatic rings. The molecule has 0 amide bonds. The van der Waals surface area contributed by atoms with Crippen LogP contribution >= 0.6 is 11.8 Å². The first kappa shape index (κ1) is 22.8. The van der Waals surface area contributed by atoms with E-state index in [1.807, 2.05) is 6.07 Å². The molecule has 0 atom stereocenters. The minimum atomic E-state index is -0.838. The van der Waals surface area contributed by atoms with Crippen LogP contribution in [0, 0.1) is 11.6 Å². The van der Waals surface area contributed by atoms with Crippen LogP contribution in [-0.4, -0.2) is 40.0 Å². The zero-order chi connectivity index (χ0) is 23.2. The van der Waals surface area contributed by atoms with Crippen LogP contribution in [0.25, 0.3) is 11.1 Å². The van der Waals surface area contributed by atoms with Crippen molar-refractivity contribution in [3.05, 3.63) is 59.8 Å². The third kappa shape index (κ3) is 6.10. The summed E-state index contributed by atoms with van der Waals surface area (Å²) in [7, 11) is 0. The van der Waals surface area contributed by atoms with Crippen LogP contribution in [0.4, 0.5) is 20.4 Å². The number of benzene rings is 1. The van der Waals surface area contributed by atoms with E-state index in [9.17, 15) is 13.6 Å². The van der Waals surface area contributed by atoms with E-state index in [4.69, 9.17) is 14.6 Å². The number of halogens is 2. The minimum absolute atomic E-state index is 0.0812. The highest BCUT2D eigenvalue weighted by molar-refractivity contribution is 7.98. The second-order valence-electron chi connectivity index (χ2n) is 7.26. The maximum atomic E-state index is 14.6. The fourth-order valence-electron chi connectivity index (χ4n) is 3.23. The molecule has 0 unspecified atom stereocenters. The predicted octanol–water partition coefficient (Wildman–Crippen LogP) is 5.03. The lowest BCUT2D eigenvalue weighted by molar-refractivity contribution is -0.136. The number of anilines is 2. The molecule has 7 nitrogen and oxygen atoms in total. The lowest BCUT2D eigenvalue weighted by Crippen LogP contribution is -2.08. The van der Waals surface area contributed by atoms with Gasteiger partial charge in [0.2, 0.25) is 5.88 Å². The van der Waals surface area contributed by atoms with Crippen molar-refractivity contribution in [2.75, 3.05) is 24.3 Å². The number of rotatable bonds is 5. The highest BCUT2D eigenvalue weighted by atomic mass is 32.2. The maximum Gasteiger partial charge on any atom is 0.304 e. The largest absolute Gasteiger partial charge is 0.493 e. The molecule has 0 radical (unpaired) electrons. The smallest absolute Gasteiger partial charge is 0.304 e. The summed E-state index contributed by atoms with van der Waals surface area (Å²) in [5.74, 6) is 0.597. The van der Waals surface area contributed by atoms with Crippen LogP contribution in [0.2, 0.25) is 0 Å². The zero-order valence-electron chi connectivity index (χ0n) is 17.5. The average Bonchev–Trinajstić information content (AvgIpc) is 2.77. The summed E-state index contributed by atoms with van der Waals surface area (Å²) in [6, 6.07) is 9.07. The van der Waals surface area contributed by atoms with Gasteiger partial charge < -0.3 is 19.9 Å². The van der Waals surface area contributed by atoms with Gasteiger partial charge in [0.25, 0.3) is 0 Å². The number of carboxylic acids is 1. The van der Waals surface area contributed by atoms with Crippen molar-refractivity contribution in [2.45, 2.75) is 18.6 Å². The van der Waals surface area contributed by atoms with E-state index in [-0.39, 0.29) is 24.3 Å². The molecule has 0 saturated heterocycles. The molecule has 0 saturated carbocycles. The Morgan fingerprint density at radius 2 is 1.94 bits per heavy atom. The fraction of sp³-hybridized carbons (Fsp3) is 0.261. The lowest BCUT2D eigenvalue weighted by atomic mass is 10.0. The van der Waals surface area contributed by atoms with Crippen LogP contribution in [0.15, 0.2) is 42.6 Å². The summed E-state index contributed by atoms with van der Waals surface area (Å²) >= 11 is 1.49. The third-order valence-corrected chi connectivity index (χ3v) is 5.76. The van der Waals surface area contributed by atoms with Crippen LogP contribution in [0.3, 0.4) is 0 Å². The number of ether oxygens (including phenoxy) is 2. The number of hydrogen-bond donors (Lipinski definition) is 2. The van der Waals surface area contributed by atoms with Crippen LogP contribution in [-0.2, 0) is 10.5 Å². The van der Waals surface area contributed by atoms with Crippen molar-refractivity contribution in [1.82, 2.24) is 9.97 Å². The second kappa shape index (κ2) is 10.5. The van der Waals surface area contributed by atoms with Crippen molar-refractivity contribution in [2.24, 2.45) is 0 Å². The first-order chi connectivity index (χ1) is 16.0. The van der Waals surface area contributed by atoms with Gasteiger partial charge in [0.15, 0.2) is 0 Å². The maximum absolute atomic E-state index is 14.6. The fourth-order valence-corrected chi connectivity index (χ4v) is 4.10. The van der Waals surface area contributed by atoms with E-state index in [1.165, 1.54) is 36.0 Å². The highest BCUT2D eigenvalue weighted by Crippen LogP contribution is 2.34. The van der Waals surface area contributed by atoms with Gasteiger partial charge in [0.1, 0.15) is 29.0 Å². The van der Waals surface area contributed by atoms with E-state index in [1.54, 1.807) is 6.07 Å². The molecule has 33 heavy (non-hydrogen) atoms. The molecule has 0 fully saturated rings. The van der Waals surface area contributed by atoms with Gasteiger partial charge in [-0.1, -0.05) is 0 Å². The molecule has 1 aliphatic heterocycles. The Morgan fingerprint density at radius 3 is 2.79 bits per heavy atom. The molecule has 4 rings (SSSR count). The van der Waals surface area contributed by atoms with Crippen LogP contribution in [0.5, 0.6) is 11.6 Å². The van der Waals surface area contributed by atoms with Crippen molar-refractivity contribution in [3.63, 3.8) is 0 Å². The molecule has 172 valence electrons. The molecule has 4 bridgehead atoms. The Labute approximate surface area is 193 Å². The number of nitrogens with zero attached hydrogens (tertiary/aromatic N) is 2. The molecule has 10 heteroatoms. The molecular weight excluding hydrogens is 452 g/mol. The van der Waals surface area contributed by atoms with Crippen molar-refractivity contribution < 1.29 is 28.2 Å². The van der Waals surface area contributed by atoms with Crippen LogP contribution < -0.4 is 14.8 Å². The van der Waals surface area contributed by atoms with Gasteiger partial charge in [-0.25, -0.2) is 13.8 Å². The van der Waals surface area contributed by atoms with E-state index in [0.717, 1.165) is 11.8 Å². The summed E-state index contributed by atoms with van der Waals surface area (Å²) in [6.07, 6.45) is 1.67. The number of pyridine rings is 2. The Bertz CT molecular complexity index is 1160. The van der Waals surface area contributed by atoms with E-state index in [2.05, 4.69) is 15.3 Å². The zero-order valence-corrected chi connectivity index (χ0v) is 18.3. The molecular formula is C23H21F2N3O4S. The normalized spacial score (nSPS) is 13.0. The first-order valence-electron chi connectivity index (χ1n) is 10.3.